The van der Waals surface area contributed by atoms with E-state index in [0.29, 0.717) is 30.2 Å². The van der Waals surface area contributed by atoms with Crippen LogP contribution in [0.25, 0.3) is 11.2 Å². The first-order chi connectivity index (χ1) is 19.8. The average molecular weight is 559 g/mol. The van der Waals surface area contributed by atoms with Gasteiger partial charge >= 0.3 is 5.97 Å². The third-order valence-corrected chi connectivity index (χ3v) is 8.25. The summed E-state index contributed by atoms with van der Waals surface area (Å²) in [6.45, 7) is 5.99. The van der Waals surface area contributed by atoms with Crippen molar-refractivity contribution < 1.29 is 23.8 Å². The first-order valence-corrected chi connectivity index (χ1v) is 13.8. The van der Waals surface area contributed by atoms with Crippen LogP contribution in [0.5, 0.6) is 5.88 Å². The van der Waals surface area contributed by atoms with Gasteiger partial charge in [-0.2, -0.15) is 5.26 Å². The molecule has 212 valence electrons. The highest BCUT2D eigenvalue weighted by Crippen LogP contribution is 2.35. The maximum Gasteiger partial charge on any atom is 0.352 e. The number of imidazole rings is 1. The molecule has 2 saturated heterocycles. The fourth-order valence-electron chi connectivity index (χ4n) is 5.50. The van der Waals surface area contributed by atoms with Gasteiger partial charge in [0.2, 0.25) is 5.88 Å². The first kappa shape index (κ1) is 26.9. The van der Waals surface area contributed by atoms with E-state index < -0.39 is 11.8 Å². The van der Waals surface area contributed by atoms with Crippen LogP contribution in [0.4, 0.5) is 4.39 Å². The maximum atomic E-state index is 14.3. The van der Waals surface area contributed by atoms with E-state index in [1.807, 2.05) is 18.2 Å². The van der Waals surface area contributed by atoms with E-state index in [1.54, 1.807) is 24.3 Å². The molecule has 2 N–H and O–H groups in total. The van der Waals surface area contributed by atoms with E-state index in [-0.39, 0.29) is 29.4 Å². The molecule has 11 heteroatoms. The third kappa shape index (κ3) is 5.53. The van der Waals surface area contributed by atoms with E-state index in [1.165, 1.54) is 6.07 Å². The van der Waals surface area contributed by atoms with E-state index in [2.05, 4.69) is 21.4 Å². The Labute approximate surface area is 236 Å². The molecular weight excluding hydrogens is 527 g/mol. The Hall–Kier alpha value is -4.27. The Morgan fingerprint density at radius 1 is 1.27 bits per heavy atom. The van der Waals surface area contributed by atoms with Gasteiger partial charge in [0, 0.05) is 23.7 Å². The number of halogens is 1. The van der Waals surface area contributed by atoms with Crippen LogP contribution < -0.4 is 4.74 Å². The van der Waals surface area contributed by atoms with Crippen molar-refractivity contribution in [1.29, 1.82) is 5.26 Å². The molecule has 0 amide bonds. The van der Waals surface area contributed by atoms with Crippen LogP contribution >= 0.6 is 0 Å². The van der Waals surface area contributed by atoms with Crippen LogP contribution in [0.15, 0.2) is 42.5 Å². The standard InChI is InChI=1S/C30H31FN6O4/c1-30(25-3-2-4-27(34-25)41-18-20-6-5-19(15-32)13-22(20)31)8-10-36(11-9-30)17-26-35-28-24(14-23(33-28)29(38)39)37(26)16-21-7-12-40-21/h2-6,13-14,21,33H,7-12,16-18H2,1H3,(H,38,39)/t21-/m0/s1. The summed E-state index contributed by atoms with van der Waals surface area (Å²) in [7, 11) is 0. The highest BCUT2D eigenvalue weighted by atomic mass is 19.1. The molecule has 0 bridgehead atoms. The number of likely N-dealkylation sites (tertiary alicyclic amines) is 1. The van der Waals surface area contributed by atoms with Gasteiger partial charge in [-0.3, -0.25) is 4.90 Å². The monoisotopic (exact) mass is 558 g/mol. The quantitative estimate of drug-likeness (QED) is 0.310. The molecule has 0 spiro atoms. The molecule has 5 heterocycles. The number of aromatic amines is 1. The van der Waals surface area contributed by atoms with Crippen molar-refractivity contribution in [3.8, 4) is 11.9 Å². The fraction of sp³-hybridized carbons (Fsp3) is 0.400. The number of piperidine rings is 1. The minimum absolute atomic E-state index is 0.0268. The summed E-state index contributed by atoms with van der Waals surface area (Å²) in [5.74, 6) is -0.146. The number of nitrogens with zero attached hydrogens (tertiary/aromatic N) is 5. The Balaban J connectivity index is 1.11. The molecule has 2 aliphatic rings. The summed E-state index contributed by atoms with van der Waals surface area (Å²) in [6.07, 6.45) is 2.88. The Morgan fingerprint density at radius 3 is 2.76 bits per heavy atom. The number of ether oxygens (including phenoxy) is 2. The number of carboxylic acid groups (broad SMARTS) is 1. The van der Waals surface area contributed by atoms with Crippen molar-refractivity contribution in [3.05, 3.63) is 76.6 Å². The summed E-state index contributed by atoms with van der Waals surface area (Å²) in [5, 5.41) is 18.3. The van der Waals surface area contributed by atoms with Gasteiger partial charge in [0.15, 0.2) is 5.65 Å². The number of fused-ring (bicyclic) bond motifs is 1. The number of carbonyl (C=O) groups is 1. The zero-order valence-electron chi connectivity index (χ0n) is 22.8. The van der Waals surface area contributed by atoms with Crippen LogP contribution in [0.1, 0.15) is 59.3 Å². The van der Waals surface area contributed by atoms with Crippen LogP contribution in [0.3, 0.4) is 0 Å². The average Bonchev–Trinajstić information content (AvgIpc) is 3.50. The number of aromatic carboxylic acids is 1. The summed E-state index contributed by atoms with van der Waals surface area (Å²) >= 11 is 0. The third-order valence-electron chi connectivity index (χ3n) is 8.25. The molecule has 0 radical (unpaired) electrons. The zero-order chi connectivity index (χ0) is 28.6. The lowest BCUT2D eigenvalue weighted by Crippen LogP contribution is -2.41. The highest BCUT2D eigenvalue weighted by molar-refractivity contribution is 5.91. The number of aromatic nitrogens is 4. The SMILES string of the molecule is CC1(c2cccc(OCc3ccc(C#N)cc3F)n2)CCN(Cc2nc3[nH]c(C(=O)O)cc3n2C[C@@H]2CCO2)CC1. The van der Waals surface area contributed by atoms with E-state index in [0.717, 1.165) is 56.0 Å². The Kier molecular flexibility index (Phi) is 7.19. The number of H-pyrrole nitrogens is 1. The maximum absolute atomic E-state index is 14.3. The number of benzene rings is 1. The van der Waals surface area contributed by atoms with Crippen molar-refractivity contribution in [2.24, 2.45) is 0 Å². The van der Waals surface area contributed by atoms with Gasteiger partial charge in [-0.1, -0.05) is 19.1 Å². The first-order valence-electron chi connectivity index (χ1n) is 13.8. The zero-order valence-corrected chi connectivity index (χ0v) is 22.8. The molecule has 10 nitrogen and oxygen atoms in total. The topological polar surface area (TPSA) is 129 Å². The number of carboxylic acids is 1. The lowest BCUT2D eigenvalue weighted by atomic mass is 9.77. The predicted octanol–water partition coefficient (Wildman–Crippen LogP) is 4.39. The van der Waals surface area contributed by atoms with Gasteiger partial charge < -0.3 is 24.1 Å². The Bertz CT molecular complexity index is 1630. The summed E-state index contributed by atoms with van der Waals surface area (Å²) in [5.41, 5.74) is 2.94. The molecule has 0 aliphatic carbocycles. The van der Waals surface area contributed by atoms with Gasteiger partial charge in [-0.25, -0.2) is 19.2 Å². The molecule has 2 fully saturated rings. The van der Waals surface area contributed by atoms with Crippen LogP contribution in [0, 0.1) is 17.1 Å². The fourth-order valence-corrected chi connectivity index (χ4v) is 5.50. The molecule has 4 aromatic rings. The number of hydrogen-bond acceptors (Lipinski definition) is 7. The van der Waals surface area contributed by atoms with Crippen molar-refractivity contribution >= 4 is 17.1 Å². The van der Waals surface area contributed by atoms with Crippen LogP contribution in [-0.4, -0.2) is 61.3 Å². The smallest absolute Gasteiger partial charge is 0.352 e. The molecule has 0 saturated carbocycles. The normalized spacial score (nSPS) is 18.6. The molecule has 3 aromatic heterocycles. The van der Waals surface area contributed by atoms with Crippen LogP contribution in [-0.2, 0) is 29.8 Å². The molecule has 2 aliphatic heterocycles. The van der Waals surface area contributed by atoms with E-state index in [9.17, 15) is 14.3 Å². The van der Waals surface area contributed by atoms with Crippen molar-refractivity contribution in [3.63, 3.8) is 0 Å². The molecule has 1 atom stereocenters. The van der Waals surface area contributed by atoms with E-state index in [4.69, 9.17) is 24.7 Å². The highest BCUT2D eigenvalue weighted by Gasteiger charge is 2.34. The predicted molar refractivity (Wildman–Crippen MR) is 147 cm³/mol. The minimum Gasteiger partial charge on any atom is -0.477 e. The molecule has 6 rings (SSSR count). The van der Waals surface area contributed by atoms with Crippen molar-refractivity contribution in [1.82, 2.24) is 24.4 Å². The second-order valence-corrected chi connectivity index (χ2v) is 11.0. The van der Waals surface area contributed by atoms with E-state index >= 15 is 0 Å². The summed E-state index contributed by atoms with van der Waals surface area (Å²) < 4.78 is 27.8. The second kappa shape index (κ2) is 11.0. The van der Waals surface area contributed by atoms with Gasteiger partial charge in [0.05, 0.1) is 42.0 Å². The van der Waals surface area contributed by atoms with Gasteiger partial charge in [-0.15, -0.1) is 0 Å². The van der Waals surface area contributed by atoms with Crippen molar-refractivity contribution in [2.75, 3.05) is 19.7 Å². The molecule has 1 aromatic carbocycles. The number of hydrogen-bond donors (Lipinski definition) is 2. The van der Waals surface area contributed by atoms with Gasteiger partial charge in [0.25, 0.3) is 0 Å². The van der Waals surface area contributed by atoms with Gasteiger partial charge in [-0.05, 0) is 56.6 Å². The lowest BCUT2D eigenvalue weighted by molar-refractivity contribution is -0.0592. The van der Waals surface area contributed by atoms with Crippen LogP contribution in [0.2, 0.25) is 0 Å². The van der Waals surface area contributed by atoms with Gasteiger partial charge in [0.1, 0.15) is 23.9 Å². The number of nitriles is 1. The minimum atomic E-state index is -1.00. The summed E-state index contributed by atoms with van der Waals surface area (Å²) in [4.78, 5) is 26.3. The molecular formula is C30H31FN6O4. The lowest BCUT2D eigenvalue weighted by Gasteiger charge is -2.39. The number of pyridine rings is 1. The second-order valence-electron chi connectivity index (χ2n) is 11.0. The largest absolute Gasteiger partial charge is 0.477 e. The number of rotatable bonds is 9. The molecule has 41 heavy (non-hydrogen) atoms. The summed E-state index contributed by atoms with van der Waals surface area (Å²) in [6, 6.07) is 13.6. The Morgan fingerprint density at radius 2 is 2.07 bits per heavy atom. The number of nitrogens with one attached hydrogen (secondary N) is 1. The molecule has 0 unspecified atom stereocenters. The van der Waals surface area contributed by atoms with Crippen molar-refractivity contribution in [2.45, 2.75) is 57.4 Å².